The van der Waals surface area contributed by atoms with Crippen molar-refractivity contribution < 1.29 is 4.79 Å². The summed E-state index contributed by atoms with van der Waals surface area (Å²) in [6.45, 7) is 8.46. The minimum Gasteiger partial charge on any atom is -0.353 e. The van der Waals surface area contributed by atoms with E-state index in [0.29, 0.717) is 5.41 Å². The van der Waals surface area contributed by atoms with Crippen molar-refractivity contribution in [3.8, 4) is 0 Å². The summed E-state index contributed by atoms with van der Waals surface area (Å²) < 4.78 is 0. The Morgan fingerprint density at radius 2 is 2.00 bits per heavy atom. The SMILES string of the molecule is CCN(CC)C(=O)C(C)NC1=NCC2(CCCCC2)CS1. The predicted octanol–water partition coefficient (Wildman–Crippen LogP) is 2.89. The van der Waals surface area contributed by atoms with Crippen LogP contribution >= 0.6 is 11.8 Å². The number of thioether (sulfide) groups is 1. The summed E-state index contributed by atoms with van der Waals surface area (Å²) in [4.78, 5) is 18.9. The van der Waals surface area contributed by atoms with Crippen LogP contribution in [0.1, 0.15) is 52.9 Å². The van der Waals surface area contributed by atoms with Crippen molar-refractivity contribution in [1.82, 2.24) is 10.2 Å². The number of hydrogen-bond acceptors (Lipinski definition) is 4. The Balaban J connectivity index is 1.88. The minimum absolute atomic E-state index is 0.168. The molecule has 2 aliphatic rings. The third-order valence-corrected chi connectivity index (χ3v) is 6.05. The first kappa shape index (κ1) is 16.7. The zero-order valence-corrected chi connectivity index (χ0v) is 14.5. The van der Waals surface area contributed by atoms with E-state index in [1.165, 1.54) is 32.1 Å². The Labute approximate surface area is 133 Å². The van der Waals surface area contributed by atoms with Gasteiger partial charge in [-0.1, -0.05) is 31.0 Å². The van der Waals surface area contributed by atoms with Gasteiger partial charge in [-0.3, -0.25) is 9.79 Å². The van der Waals surface area contributed by atoms with Gasteiger partial charge in [0.25, 0.3) is 0 Å². The van der Waals surface area contributed by atoms with E-state index in [4.69, 9.17) is 4.99 Å². The highest BCUT2D eigenvalue weighted by Crippen LogP contribution is 2.41. The molecule has 1 unspecified atom stereocenters. The number of hydrogen-bond donors (Lipinski definition) is 1. The average Bonchev–Trinajstić information content (AvgIpc) is 2.52. The molecule has 0 aromatic carbocycles. The highest BCUT2D eigenvalue weighted by molar-refractivity contribution is 8.13. The molecular weight excluding hydrogens is 282 g/mol. The van der Waals surface area contributed by atoms with Crippen LogP contribution in [-0.2, 0) is 4.79 Å². The number of nitrogens with zero attached hydrogens (tertiary/aromatic N) is 2. The van der Waals surface area contributed by atoms with E-state index < -0.39 is 0 Å². The first-order valence-electron chi connectivity index (χ1n) is 8.33. The van der Waals surface area contributed by atoms with Gasteiger partial charge in [-0.2, -0.15) is 0 Å². The maximum absolute atomic E-state index is 12.3. The maximum Gasteiger partial charge on any atom is 0.244 e. The highest BCUT2D eigenvalue weighted by atomic mass is 32.2. The third kappa shape index (κ3) is 4.15. The standard InChI is InChI=1S/C16H29N3OS/c1-4-19(5-2)14(20)13(3)18-15-17-11-16(12-21-15)9-7-6-8-10-16/h13H,4-12H2,1-3H3,(H,17,18). The number of aliphatic imine (C=N–C) groups is 1. The lowest BCUT2D eigenvalue weighted by atomic mass is 9.75. The van der Waals surface area contributed by atoms with Gasteiger partial charge in [0, 0.05) is 25.4 Å². The van der Waals surface area contributed by atoms with Crippen molar-refractivity contribution in [2.24, 2.45) is 10.4 Å². The van der Waals surface area contributed by atoms with E-state index in [-0.39, 0.29) is 11.9 Å². The Morgan fingerprint density at radius 3 is 2.52 bits per heavy atom. The summed E-state index contributed by atoms with van der Waals surface area (Å²) in [5, 5.41) is 4.27. The number of carbonyl (C=O) groups is 1. The molecule has 0 bridgehead atoms. The smallest absolute Gasteiger partial charge is 0.244 e. The number of rotatable bonds is 4. The van der Waals surface area contributed by atoms with Crippen LogP contribution in [0.2, 0.25) is 0 Å². The van der Waals surface area contributed by atoms with Crippen molar-refractivity contribution >= 4 is 22.8 Å². The topological polar surface area (TPSA) is 44.7 Å². The van der Waals surface area contributed by atoms with E-state index in [2.05, 4.69) is 5.32 Å². The van der Waals surface area contributed by atoms with Crippen LogP contribution in [0, 0.1) is 5.41 Å². The second kappa shape index (κ2) is 7.52. The molecule has 2 rings (SSSR count). The van der Waals surface area contributed by atoms with E-state index in [9.17, 15) is 4.79 Å². The van der Waals surface area contributed by atoms with Crippen molar-refractivity contribution in [2.45, 2.75) is 58.9 Å². The van der Waals surface area contributed by atoms with Gasteiger partial charge in [-0.25, -0.2) is 0 Å². The zero-order valence-electron chi connectivity index (χ0n) is 13.7. The Bertz CT molecular complexity index is 387. The fourth-order valence-corrected chi connectivity index (χ4v) is 4.54. The van der Waals surface area contributed by atoms with Crippen LogP contribution in [0.4, 0.5) is 0 Å². The Kier molecular flexibility index (Phi) is 5.97. The molecule has 1 N–H and O–H groups in total. The van der Waals surface area contributed by atoms with E-state index in [1.54, 1.807) is 0 Å². The van der Waals surface area contributed by atoms with E-state index >= 15 is 0 Å². The van der Waals surface area contributed by atoms with Crippen LogP contribution in [0.15, 0.2) is 4.99 Å². The molecule has 0 radical (unpaired) electrons. The number of carbonyl (C=O) groups excluding carboxylic acids is 1. The summed E-state index contributed by atoms with van der Waals surface area (Å²) in [5.74, 6) is 1.33. The van der Waals surface area contributed by atoms with E-state index in [0.717, 1.165) is 30.6 Å². The normalized spacial score (nSPS) is 22.5. The summed E-state index contributed by atoms with van der Waals surface area (Å²) in [7, 11) is 0. The van der Waals surface area contributed by atoms with Gasteiger partial charge in [0.2, 0.25) is 5.91 Å². The number of amidine groups is 1. The lowest BCUT2D eigenvalue weighted by Crippen LogP contribution is -2.47. The van der Waals surface area contributed by atoms with Crippen LogP contribution < -0.4 is 5.32 Å². The van der Waals surface area contributed by atoms with Crippen LogP contribution in [0.3, 0.4) is 0 Å². The summed E-state index contributed by atoms with van der Waals surface area (Å²) in [6.07, 6.45) is 6.75. The van der Waals surface area contributed by atoms with Gasteiger partial charge in [0.05, 0.1) is 0 Å². The second-order valence-corrected chi connectivity index (χ2v) is 7.31. The third-order valence-electron chi connectivity index (χ3n) is 4.77. The van der Waals surface area contributed by atoms with Crippen LogP contribution in [-0.4, -0.2) is 47.4 Å². The molecule has 0 aromatic rings. The number of likely N-dealkylation sites (N-methyl/N-ethyl adjacent to an activating group) is 1. The van der Waals surface area contributed by atoms with Gasteiger partial charge in [-0.05, 0) is 39.0 Å². The second-order valence-electron chi connectivity index (χ2n) is 6.35. The molecule has 1 saturated carbocycles. The Hall–Kier alpha value is -0.710. The summed E-state index contributed by atoms with van der Waals surface area (Å²) in [5.41, 5.74) is 0.445. The molecular formula is C16H29N3OS. The molecule has 1 fully saturated rings. The molecule has 5 heteroatoms. The van der Waals surface area contributed by atoms with Crippen molar-refractivity contribution in [1.29, 1.82) is 0 Å². The van der Waals surface area contributed by atoms with Gasteiger partial charge in [0.15, 0.2) is 5.17 Å². The number of amides is 1. The fraction of sp³-hybridized carbons (Fsp3) is 0.875. The minimum atomic E-state index is -0.184. The average molecular weight is 311 g/mol. The van der Waals surface area contributed by atoms with Gasteiger partial charge >= 0.3 is 0 Å². The zero-order chi connectivity index (χ0) is 15.3. The van der Waals surface area contributed by atoms with E-state index in [1.807, 2.05) is 37.4 Å². The van der Waals surface area contributed by atoms with Crippen LogP contribution in [0.5, 0.6) is 0 Å². The summed E-state index contributed by atoms with van der Waals surface area (Å²) in [6, 6.07) is -0.184. The lowest BCUT2D eigenvalue weighted by Gasteiger charge is -2.38. The lowest BCUT2D eigenvalue weighted by molar-refractivity contribution is -0.132. The molecule has 1 heterocycles. The molecule has 1 aliphatic carbocycles. The molecule has 1 spiro atoms. The fourth-order valence-electron chi connectivity index (χ4n) is 3.30. The molecule has 1 amide bonds. The van der Waals surface area contributed by atoms with Crippen molar-refractivity contribution in [3.63, 3.8) is 0 Å². The first-order chi connectivity index (χ1) is 10.1. The largest absolute Gasteiger partial charge is 0.353 e. The quantitative estimate of drug-likeness (QED) is 0.868. The molecule has 0 aromatic heterocycles. The Morgan fingerprint density at radius 1 is 1.33 bits per heavy atom. The van der Waals surface area contributed by atoms with Crippen molar-refractivity contribution in [2.75, 3.05) is 25.4 Å². The molecule has 1 aliphatic heterocycles. The summed E-state index contributed by atoms with van der Waals surface area (Å²) >= 11 is 1.81. The maximum atomic E-state index is 12.3. The predicted molar refractivity (Wildman–Crippen MR) is 90.8 cm³/mol. The molecule has 1 atom stereocenters. The molecule has 120 valence electrons. The molecule has 21 heavy (non-hydrogen) atoms. The van der Waals surface area contributed by atoms with Gasteiger partial charge in [-0.15, -0.1) is 0 Å². The molecule has 0 saturated heterocycles. The first-order valence-corrected chi connectivity index (χ1v) is 9.31. The molecule has 4 nitrogen and oxygen atoms in total. The monoisotopic (exact) mass is 311 g/mol. The van der Waals surface area contributed by atoms with Gasteiger partial charge in [0.1, 0.15) is 6.04 Å². The van der Waals surface area contributed by atoms with Crippen LogP contribution in [0.25, 0.3) is 0 Å². The van der Waals surface area contributed by atoms with Gasteiger partial charge < -0.3 is 10.2 Å². The highest BCUT2D eigenvalue weighted by Gasteiger charge is 2.35. The number of nitrogens with one attached hydrogen (secondary N) is 1. The van der Waals surface area contributed by atoms with Crippen molar-refractivity contribution in [3.05, 3.63) is 0 Å².